The molecule has 4 N–H and O–H groups in total. The van der Waals surface area contributed by atoms with Gasteiger partial charge in [0.15, 0.2) is 0 Å². The average Bonchev–Trinajstić information content (AvgIpc) is 3.34. The fraction of sp³-hybridized carbons (Fsp3) is 0.500. The van der Waals surface area contributed by atoms with Gasteiger partial charge in [-0.05, 0) is 49.4 Å². The van der Waals surface area contributed by atoms with E-state index in [0.29, 0.717) is 37.4 Å². The standard InChI is InChI=1S/C16H22FN3O2.ClH/c17-13-7-5-12(6-8-13)16(22)19-9-1-2-15(21)20-10-14(18)11-3-4-11;/h5-8,11,14H,1-4,9-10,18H2,(H,19,22)(H,20,21);1H. The quantitative estimate of drug-likeness (QED) is 0.627. The third-order valence-electron chi connectivity index (χ3n) is 3.74. The maximum absolute atomic E-state index is 12.7. The summed E-state index contributed by atoms with van der Waals surface area (Å²) < 4.78 is 12.7. The van der Waals surface area contributed by atoms with Crippen LogP contribution >= 0.6 is 12.4 Å². The lowest BCUT2D eigenvalue weighted by Crippen LogP contribution is -2.38. The Morgan fingerprint density at radius 1 is 1.22 bits per heavy atom. The van der Waals surface area contributed by atoms with Crippen LogP contribution in [-0.2, 0) is 4.79 Å². The van der Waals surface area contributed by atoms with Crippen LogP contribution in [-0.4, -0.2) is 30.9 Å². The van der Waals surface area contributed by atoms with E-state index in [1.807, 2.05) is 0 Å². The van der Waals surface area contributed by atoms with Crippen molar-refractivity contribution in [3.63, 3.8) is 0 Å². The molecule has 128 valence electrons. The summed E-state index contributed by atoms with van der Waals surface area (Å²) in [4.78, 5) is 23.4. The van der Waals surface area contributed by atoms with Crippen molar-refractivity contribution in [1.29, 1.82) is 0 Å². The van der Waals surface area contributed by atoms with Crippen LogP contribution in [0.25, 0.3) is 0 Å². The number of nitrogens with one attached hydrogen (secondary N) is 2. The third-order valence-corrected chi connectivity index (χ3v) is 3.74. The molecule has 5 nitrogen and oxygen atoms in total. The Bertz CT molecular complexity index is 521. The molecular weight excluding hydrogens is 321 g/mol. The molecule has 0 heterocycles. The molecule has 1 fully saturated rings. The van der Waals surface area contributed by atoms with Gasteiger partial charge < -0.3 is 16.4 Å². The van der Waals surface area contributed by atoms with E-state index in [1.165, 1.54) is 24.3 Å². The van der Waals surface area contributed by atoms with Crippen LogP contribution in [0.2, 0.25) is 0 Å². The molecule has 0 spiro atoms. The molecule has 0 aliphatic heterocycles. The molecule has 1 aromatic rings. The third kappa shape index (κ3) is 6.97. The van der Waals surface area contributed by atoms with Gasteiger partial charge in [-0.3, -0.25) is 9.59 Å². The van der Waals surface area contributed by atoms with Crippen molar-refractivity contribution in [1.82, 2.24) is 10.6 Å². The van der Waals surface area contributed by atoms with Crippen molar-refractivity contribution >= 4 is 24.2 Å². The average molecular weight is 344 g/mol. The van der Waals surface area contributed by atoms with E-state index in [9.17, 15) is 14.0 Å². The summed E-state index contributed by atoms with van der Waals surface area (Å²) in [5, 5.41) is 5.51. The number of amides is 2. The SMILES string of the molecule is Cl.NC(CNC(=O)CCCNC(=O)c1ccc(F)cc1)C1CC1. The van der Waals surface area contributed by atoms with Gasteiger partial charge in [-0.2, -0.15) is 0 Å². The first-order valence-electron chi connectivity index (χ1n) is 7.62. The number of carbonyl (C=O) groups is 2. The second-order valence-corrected chi connectivity index (χ2v) is 5.67. The predicted molar refractivity (Wildman–Crippen MR) is 88.9 cm³/mol. The van der Waals surface area contributed by atoms with E-state index >= 15 is 0 Å². The maximum atomic E-state index is 12.7. The van der Waals surface area contributed by atoms with E-state index in [1.54, 1.807) is 0 Å². The van der Waals surface area contributed by atoms with Crippen LogP contribution in [0.15, 0.2) is 24.3 Å². The summed E-state index contributed by atoms with van der Waals surface area (Å²) in [7, 11) is 0. The minimum atomic E-state index is -0.377. The first-order valence-corrected chi connectivity index (χ1v) is 7.62. The Labute approximate surface area is 141 Å². The van der Waals surface area contributed by atoms with E-state index in [-0.39, 0.29) is 36.1 Å². The number of carbonyl (C=O) groups excluding carboxylic acids is 2. The molecule has 1 aromatic carbocycles. The monoisotopic (exact) mass is 343 g/mol. The minimum absolute atomic E-state index is 0. The molecule has 1 unspecified atom stereocenters. The molecule has 2 amide bonds. The van der Waals surface area contributed by atoms with Gasteiger partial charge in [0.25, 0.3) is 5.91 Å². The molecular formula is C16H23ClFN3O2. The van der Waals surface area contributed by atoms with Crippen LogP contribution < -0.4 is 16.4 Å². The smallest absolute Gasteiger partial charge is 0.251 e. The molecule has 1 aliphatic carbocycles. The van der Waals surface area contributed by atoms with Crippen molar-refractivity contribution in [2.75, 3.05) is 13.1 Å². The zero-order valence-electron chi connectivity index (χ0n) is 12.9. The van der Waals surface area contributed by atoms with Crippen LogP contribution in [0.3, 0.4) is 0 Å². The van der Waals surface area contributed by atoms with Gasteiger partial charge in [0.2, 0.25) is 5.91 Å². The Hall–Kier alpha value is -1.66. The number of rotatable bonds is 8. The number of hydrogen-bond acceptors (Lipinski definition) is 3. The van der Waals surface area contributed by atoms with Gasteiger partial charge in [-0.15, -0.1) is 12.4 Å². The number of nitrogens with two attached hydrogens (primary N) is 1. The van der Waals surface area contributed by atoms with Crippen molar-refractivity contribution in [3.8, 4) is 0 Å². The highest BCUT2D eigenvalue weighted by atomic mass is 35.5. The molecule has 2 rings (SSSR count). The molecule has 23 heavy (non-hydrogen) atoms. The molecule has 0 radical (unpaired) electrons. The zero-order valence-corrected chi connectivity index (χ0v) is 13.7. The molecule has 0 saturated heterocycles. The molecule has 1 aliphatic rings. The van der Waals surface area contributed by atoms with Gasteiger partial charge in [-0.25, -0.2) is 4.39 Å². The molecule has 0 aromatic heterocycles. The number of hydrogen-bond donors (Lipinski definition) is 3. The van der Waals surface area contributed by atoms with Crippen LogP contribution in [0.5, 0.6) is 0 Å². The van der Waals surface area contributed by atoms with Gasteiger partial charge in [0.05, 0.1) is 0 Å². The van der Waals surface area contributed by atoms with Crippen LogP contribution in [0.4, 0.5) is 4.39 Å². The molecule has 1 atom stereocenters. The number of benzene rings is 1. The fourth-order valence-corrected chi connectivity index (χ4v) is 2.17. The summed E-state index contributed by atoms with van der Waals surface area (Å²) in [6.45, 7) is 0.920. The first kappa shape index (κ1) is 19.4. The van der Waals surface area contributed by atoms with Crippen LogP contribution in [0, 0.1) is 11.7 Å². The summed E-state index contributed by atoms with van der Waals surface area (Å²) in [5.41, 5.74) is 6.30. The van der Waals surface area contributed by atoms with Gasteiger partial charge in [0, 0.05) is 31.1 Å². The van der Waals surface area contributed by atoms with Crippen molar-refractivity contribution in [2.24, 2.45) is 11.7 Å². The van der Waals surface area contributed by atoms with Gasteiger partial charge >= 0.3 is 0 Å². The first-order chi connectivity index (χ1) is 10.6. The Balaban J connectivity index is 0.00000264. The van der Waals surface area contributed by atoms with Crippen molar-refractivity contribution < 1.29 is 14.0 Å². The summed E-state index contributed by atoms with van der Waals surface area (Å²) in [6.07, 6.45) is 3.22. The minimum Gasteiger partial charge on any atom is -0.355 e. The fourth-order valence-electron chi connectivity index (χ4n) is 2.17. The largest absolute Gasteiger partial charge is 0.355 e. The summed E-state index contributed by atoms with van der Waals surface area (Å²) in [5.74, 6) is -0.129. The van der Waals surface area contributed by atoms with Crippen molar-refractivity contribution in [3.05, 3.63) is 35.6 Å². The Morgan fingerprint density at radius 3 is 2.48 bits per heavy atom. The highest BCUT2D eigenvalue weighted by molar-refractivity contribution is 5.94. The van der Waals surface area contributed by atoms with E-state index in [2.05, 4.69) is 10.6 Å². The van der Waals surface area contributed by atoms with E-state index < -0.39 is 0 Å². The van der Waals surface area contributed by atoms with E-state index in [4.69, 9.17) is 5.73 Å². The second kappa shape index (κ2) is 9.47. The lowest BCUT2D eigenvalue weighted by atomic mass is 10.2. The highest BCUT2D eigenvalue weighted by Gasteiger charge is 2.28. The van der Waals surface area contributed by atoms with Crippen molar-refractivity contribution in [2.45, 2.75) is 31.7 Å². The lowest BCUT2D eigenvalue weighted by molar-refractivity contribution is -0.121. The van der Waals surface area contributed by atoms with E-state index in [0.717, 1.165) is 12.8 Å². The normalized spacial score (nSPS) is 14.5. The molecule has 0 bridgehead atoms. The summed E-state index contributed by atoms with van der Waals surface area (Å²) >= 11 is 0. The molecule has 7 heteroatoms. The predicted octanol–water partition coefficient (Wildman–Crippen LogP) is 1.61. The van der Waals surface area contributed by atoms with Gasteiger partial charge in [0.1, 0.15) is 5.82 Å². The van der Waals surface area contributed by atoms with Crippen LogP contribution in [0.1, 0.15) is 36.0 Å². The number of halogens is 2. The topological polar surface area (TPSA) is 84.2 Å². The maximum Gasteiger partial charge on any atom is 0.251 e. The lowest BCUT2D eigenvalue weighted by Gasteiger charge is -2.11. The van der Waals surface area contributed by atoms with Gasteiger partial charge in [-0.1, -0.05) is 0 Å². The Kier molecular flexibility index (Phi) is 7.98. The zero-order chi connectivity index (χ0) is 15.9. The Morgan fingerprint density at radius 2 is 1.87 bits per heavy atom. The molecule has 1 saturated carbocycles. The summed E-state index contributed by atoms with van der Waals surface area (Å²) in [6, 6.07) is 5.40. The highest BCUT2D eigenvalue weighted by Crippen LogP contribution is 2.31. The second-order valence-electron chi connectivity index (χ2n) is 5.67.